The molecule has 2 aromatic heterocycles. The summed E-state index contributed by atoms with van der Waals surface area (Å²) < 4.78 is 28.5. The van der Waals surface area contributed by atoms with E-state index in [1.54, 1.807) is 18.2 Å². The highest BCUT2D eigenvalue weighted by Gasteiger charge is 2.12. The van der Waals surface area contributed by atoms with Crippen molar-refractivity contribution in [1.82, 2.24) is 28.7 Å². The highest BCUT2D eigenvalue weighted by molar-refractivity contribution is 5.09. The molecular weight excluding hydrogens is 468 g/mol. The predicted molar refractivity (Wildman–Crippen MR) is 139 cm³/mol. The highest BCUT2D eigenvalue weighted by Crippen LogP contribution is 2.14. The Morgan fingerprint density at radius 1 is 0.583 bits per heavy atom. The standard InChI is InChI=1S/2C12H15N3O3.H2/c1-4-7-16-10-13-11(17-8-5-2)15-12(14-10)18-9-6-3;1-4-7-13-10(16)14(8-5-2)12(18)15(9-6-3)11(13)17;/h2*4-6H,1-3,7-9H2;1H/i;;1+2D. The Bertz CT molecular complexity index is 1070. The van der Waals surface area contributed by atoms with Gasteiger partial charge in [0.2, 0.25) is 0 Å². The zero-order valence-corrected chi connectivity index (χ0v) is 20.1. The van der Waals surface area contributed by atoms with Gasteiger partial charge in [-0.05, 0) is 0 Å². The van der Waals surface area contributed by atoms with Crippen LogP contribution in [-0.2, 0) is 19.6 Å². The third kappa shape index (κ3) is 8.56. The van der Waals surface area contributed by atoms with Crippen LogP contribution in [0.3, 0.4) is 0 Å². The molecule has 0 N–H and O–H groups in total. The number of rotatable bonds is 15. The summed E-state index contributed by atoms with van der Waals surface area (Å²) in [4.78, 5) is 47.7. The van der Waals surface area contributed by atoms with Gasteiger partial charge in [-0.1, -0.05) is 56.2 Å². The minimum absolute atomic E-state index is 0.0478. The molecule has 12 nitrogen and oxygen atoms in total. The molecule has 36 heavy (non-hydrogen) atoms. The minimum atomic E-state index is -0.662. The first-order valence-electron chi connectivity index (χ1n) is 11.6. The summed E-state index contributed by atoms with van der Waals surface area (Å²) in [5.41, 5.74) is -1.99. The maximum atomic E-state index is 11.9. The molecule has 0 aliphatic rings. The number of hydrogen-bond donors (Lipinski definition) is 0. The van der Waals surface area contributed by atoms with Gasteiger partial charge in [0.05, 0.1) is 19.6 Å². The molecule has 194 valence electrons. The first-order chi connectivity index (χ1) is 18.4. The average Bonchev–Trinajstić information content (AvgIpc) is 2.93. The van der Waals surface area contributed by atoms with Gasteiger partial charge in [-0.25, -0.2) is 28.1 Å². The van der Waals surface area contributed by atoms with Crippen molar-refractivity contribution in [1.29, 1.82) is 0 Å². The topological polar surface area (TPSA) is 132 Å². The van der Waals surface area contributed by atoms with Gasteiger partial charge < -0.3 is 14.2 Å². The second-order valence-electron chi connectivity index (χ2n) is 6.53. The monoisotopic (exact) mass is 503 g/mol. The third-order valence-electron chi connectivity index (χ3n) is 3.89. The maximum absolute atomic E-state index is 11.9. The van der Waals surface area contributed by atoms with Crippen LogP contribution in [0.25, 0.3) is 0 Å². The maximum Gasteiger partial charge on any atom is 0.336 e. The quantitative estimate of drug-likeness (QED) is 0.332. The van der Waals surface area contributed by atoms with Crippen LogP contribution in [0.1, 0.15) is 2.97 Å². The fourth-order valence-electron chi connectivity index (χ4n) is 2.45. The second kappa shape index (κ2) is 16.0. The van der Waals surface area contributed by atoms with Crippen LogP contribution >= 0.6 is 0 Å². The third-order valence-corrected chi connectivity index (χ3v) is 3.89. The van der Waals surface area contributed by atoms with Gasteiger partial charge in [0.25, 0.3) is 0 Å². The van der Waals surface area contributed by atoms with E-state index in [1.807, 2.05) is 0 Å². The number of aromatic nitrogens is 6. The molecule has 0 spiro atoms. The van der Waals surface area contributed by atoms with E-state index in [0.29, 0.717) is 0 Å². The molecule has 2 rings (SSSR count). The first-order valence-corrected chi connectivity index (χ1v) is 10.6. The van der Waals surface area contributed by atoms with Crippen LogP contribution in [0.15, 0.2) is 90.3 Å². The molecule has 0 saturated heterocycles. The Balaban J connectivity index is 0.000000676. The SMILES string of the molecule is C=CCOc1nc(OCC=C)nc(OCC=C)n1.C=CCn1c(=O)n(CC=C)c(=O)n(CC=C)c1=O.[2H][3H]. The zero-order chi connectivity index (χ0) is 28.9. The lowest BCUT2D eigenvalue weighted by Crippen LogP contribution is -2.54. The van der Waals surface area contributed by atoms with Gasteiger partial charge in [0.15, 0.2) is 0 Å². The number of hydrogen-bond acceptors (Lipinski definition) is 9. The lowest BCUT2D eigenvalue weighted by molar-refractivity contribution is 0.268. The lowest BCUT2D eigenvalue weighted by atomic mass is 10.5. The number of nitrogens with zero attached hydrogens (tertiary/aromatic N) is 6. The van der Waals surface area contributed by atoms with Gasteiger partial charge in [-0.2, -0.15) is 0 Å². The summed E-state index contributed by atoms with van der Waals surface area (Å²) in [5.74, 6) is 0. The van der Waals surface area contributed by atoms with Crippen molar-refractivity contribution in [2.45, 2.75) is 19.6 Å². The summed E-state index contributed by atoms with van der Waals surface area (Å²) in [5, 5.41) is 0. The van der Waals surface area contributed by atoms with Gasteiger partial charge >= 0.3 is 35.1 Å². The van der Waals surface area contributed by atoms with Crippen molar-refractivity contribution in [3.63, 3.8) is 0 Å². The molecule has 12 heteroatoms. The molecule has 0 fully saturated rings. The minimum Gasteiger partial charge on any atom is -0.459 e. The molecule has 2 heterocycles. The van der Waals surface area contributed by atoms with E-state index in [2.05, 4.69) is 54.4 Å². The molecule has 0 amide bonds. The summed E-state index contributed by atoms with van der Waals surface area (Å²) in [6, 6.07) is 0.342. The van der Waals surface area contributed by atoms with Gasteiger partial charge in [-0.15, -0.1) is 34.7 Å². The largest absolute Gasteiger partial charge is 0.459 e. The van der Waals surface area contributed by atoms with Crippen LogP contribution in [0.2, 0.25) is 0 Å². The molecular formula is C24H32N6O6. The number of ether oxygens (including phenoxy) is 3. The number of allylic oxidation sites excluding steroid dienone is 3. The Labute approximate surface area is 211 Å². The van der Waals surface area contributed by atoms with Crippen molar-refractivity contribution in [3.05, 3.63) is 107 Å². The van der Waals surface area contributed by atoms with Crippen molar-refractivity contribution >= 4 is 0 Å². The molecule has 2 aromatic rings. The molecule has 0 radical (unpaired) electrons. The van der Waals surface area contributed by atoms with Crippen LogP contribution < -0.4 is 31.3 Å². The molecule has 0 aliphatic carbocycles. The smallest absolute Gasteiger partial charge is 0.336 e. The Kier molecular flexibility index (Phi) is 12.2. The first kappa shape index (κ1) is 27.5. The molecule has 0 atom stereocenters. The zero-order valence-electron chi connectivity index (χ0n) is 22.1. The summed E-state index contributed by atoms with van der Waals surface area (Å²) in [6.45, 7) is 22.0. The average molecular weight is 504 g/mol. The fourth-order valence-corrected chi connectivity index (χ4v) is 2.45. The van der Waals surface area contributed by atoms with Crippen molar-refractivity contribution in [2.24, 2.45) is 0 Å². The summed E-state index contributed by atoms with van der Waals surface area (Å²) >= 11 is 0. The highest BCUT2D eigenvalue weighted by atomic mass is 16.5. The second-order valence-corrected chi connectivity index (χ2v) is 6.53. The van der Waals surface area contributed by atoms with E-state index in [1.165, 1.54) is 18.2 Å². The van der Waals surface area contributed by atoms with Gasteiger partial charge in [0.1, 0.15) is 19.8 Å². The molecule has 0 aliphatic heterocycles. The van der Waals surface area contributed by atoms with Crippen LogP contribution in [0.5, 0.6) is 18.0 Å². The Hall–Kier alpha value is -4.74. The summed E-state index contributed by atoms with van der Waals surface area (Å²) in [7, 11) is 0. The van der Waals surface area contributed by atoms with Crippen molar-refractivity contribution in [3.8, 4) is 18.0 Å². The van der Waals surface area contributed by atoms with E-state index >= 15 is 0 Å². The Morgan fingerprint density at radius 2 is 0.833 bits per heavy atom. The van der Waals surface area contributed by atoms with E-state index < -0.39 is 17.1 Å². The van der Waals surface area contributed by atoms with Gasteiger partial charge in [-0.3, -0.25) is 0 Å². The van der Waals surface area contributed by atoms with Crippen LogP contribution in [0.4, 0.5) is 0 Å². The lowest BCUT2D eigenvalue weighted by Gasteiger charge is -2.10. The van der Waals surface area contributed by atoms with Crippen molar-refractivity contribution < 1.29 is 17.2 Å². The van der Waals surface area contributed by atoms with E-state index in [9.17, 15) is 14.4 Å². The van der Waals surface area contributed by atoms with E-state index in [4.69, 9.17) is 17.2 Å². The molecule has 0 aromatic carbocycles. The summed E-state index contributed by atoms with van der Waals surface area (Å²) in [6.07, 6.45) is 9.01. The van der Waals surface area contributed by atoms with E-state index in [0.717, 1.165) is 13.7 Å². The van der Waals surface area contributed by atoms with Crippen molar-refractivity contribution in [2.75, 3.05) is 19.8 Å². The molecule has 0 bridgehead atoms. The normalized spacial score (nSPS) is 9.89. The molecule has 0 saturated carbocycles. The fraction of sp³-hybridized carbons (Fsp3) is 0.250. The van der Waals surface area contributed by atoms with Crippen LogP contribution in [0, 0.1) is 0 Å². The molecule has 0 unspecified atom stereocenters. The van der Waals surface area contributed by atoms with Crippen LogP contribution in [-0.4, -0.2) is 48.5 Å². The predicted octanol–water partition coefficient (Wildman–Crippen LogP) is 1.54. The Morgan fingerprint density at radius 3 is 1.03 bits per heavy atom. The van der Waals surface area contributed by atoms with Gasteiger partial charge in [0, 0.05) is 2.97 Å². The van der Waals surface area contributed by atoms with E-state index in [-0.39, 0.29) is 57.5 Å².